The molecule has 0 aliphatic heterocycles. The Morgan fingerprint density at radius 2 is 2.17 bits per heavy atom. The molecule has 2 aromatic rings. The predicted molar refractivity (Wildman–Crippen MR) is 67.0 cm³/mol. The summed E-state index contributed by atoms with van der Waals surface area (Å²) >= 11 is 0. The van der Waals surface area contributed by atoms with Crippen molar-refractivity contribution in [1.29, 1.82) is 0 Å². The fourth-order valence-electron chi connectivity index (χ4n) is 1.97. The number of imidazole rings is 1. The molecule has 0 saturated heterocycles. The number of nitrogens with zero attached hydrogens (tertiary/aromatic N) is 2. The second-order valence-corrected chi connectivity index (χ2v) is 5.86. The highest BCUT2D eigenvalue weighted by molar-refractivity contribution is 7.84. The van der Waals surface area contributed by atoms with Gasteiger partial charge in [-0.15, -0.1) is 0 Å². The molecule has 3 nitrogen and oxygen atoms in total. The lowest BCUT2D eigenvalue weighted by atomic mass is 10.3. The van der Waals surface area contributed by atoms with Gasteiger partial charge in [-0.1, -0.05) is 12.1 Å². The lowest BCUT2D eigenvalue weighted by molar-refractivity contribution is 0.594. The van der Waals surface area contributed by atoms with Gasteiger partial charge >= 0.3 is 0 Å². The summed E-state index contributed by atoms with van der Waals surface area (Å²) in [6, 6.07) is 6.72. The first-order valence-electron chi connectivity index (χ1n) is 5.89. The van der Waals surface area contributed by atoms with Gasteiger partial charge < -0.3 is 4.57 Å². The highest BCUT2D eigenvalue weighted by Crippen LogP contribution is 2.36. The first-order chi connectivity index (χ1) is 8.75. The van der Waals surface area contributed by atoms with Crippen LogP contribution in [0.15, 0.2) is 41.7 Å². The summed E-state index contributed by atoms with van der Waals surface area (Å²) in [5.41, 5.74) is 0.916. The zero-order valence-electron chi connectivity index (χ0n) is 9.75. The molecule has 1 heterocycles. The maximum Gasteiger partial charge on any atom is 0.139 e. The molecule has 0 amide bonds. The molecule has 3 rings (SSSR count). The fraction of sp³-hybridized carbons (Fsp3) is 0.308. The van der Waals surface area contributed by atoms with E-state index in [1.807, 2.05) is 0 Å². The number of hydrogen-bond acceptors (Lipinski definition) is 2. The van der Waals surface area contributed by atoms with Crippen LogP contribution in [0.3, 0.4) is 0 Å². The van der Waals surface area contributed by atoms with E-state index in [2.05, 4.69) is 9.55 Å². The van der Waals surface area contributed by atoms with Gasteiger partial charge in [0, 0.05) is 12.2 Å². The van der Waals surface area contributed by atoms with Gasteiger partial charge in [0.05, 0.1) is 33.5 Å². The van der Waals surface area contributed by atoms with Crippen molar-refractivity contribution in [3.05, 3.63) is 48.3 Å². The van der Waals surface area contributed by atoms with Crippen LogP contribution in [0.4, 0.5) is 4.39 Å². The van der Waals surface area contributed by atoms with Crippen LogP contribution >= 0.6 is 0 Å². The molecule has 1 unspecified atom stereocenters. The molecule has 1 aromatic carbocycles. The number of aromatic nitrogens is 2. The van der Waals surface area contributed by atoms with Crippen LogP contribution in [0, 0.1) is 5.82 Å². The monoisotopic (exact) mass is 264 g/mol. The maximum absolute atomic E-state index is 13.5. The topological polar surface area (TPSA) is 34.9 Å². The standard InChI is InChI=1S/C13H13FN2OS/c14-12-3-1-2-4-13(12)18(17)8-11-7-15-9-16(11)10-5-6-10/h1-4,7,9-10H,5-6,8H2. The van der Waals surface area contributed by atoms with E-state index >= 15 is 0 Å². The van der Waals surface area contributed by atoms with E-state index < -0.39 is 16.6 Å². The Labute approximate surface area is 107 Å². The van der Waals surface area contributed by atoms with E-state index in [9.17, 15) is 8.60 Å². The Morgan fingerprint density at radius 1 is 1.39 bits per heavy atom. The maximum atomic E-state index is 13.5. The van der Waals surface area contributed by atoms with Gasteiger partial charge in [0.15, 0.2) is 0 Å². The molecule has 1 fully saturated rings. The smallest absolute Gasteiger partial charge is 0.139 e. The van der Waals surface area contributed by atoms with E-state index in [-0.39, 0.29) is 4.90 Å². The summed E-state index contributed by atoms with van der Waals surface area (Å²) in [6.07, 6.45) is 5.79. The fourth-order valence-corrected chi connectivity index (χ4v) is 3.13. The highest BCUT2D eigenvalue weighted by Gasteiger charge is 2.26. The average molecular weight is 264 g/mol. The van der Waals surface area contributed by atoms with Crippen molar-refractivity contribution in [1.82, 2.24) is 9.55 Å². The molecule has 0 radical (unpaired) electrons. The molecule has 1 saturated carbocycles. The molecule has 1 atom stereocenters. The zero-order valence-corrected chi connectivity index (χ0v) is 10.6. The third-order valence-electron chi connectivity index (χ3n) is 3.05. The van der Waals surface area contributed by atoms with Crippen LogP contribution in [0.25, 0.3) is 0 Å². The number of benzene rings is 1. The van der Waals surface area contributed by atoms with E-state index in [4.69, 9.17) is 0 Å². The number of hydrogen-bond donors (Lipinski definition) is 0. The Kier molecular flexibility index (Phi) is 2.99. The minimum absolute atomic E-state index is 0.265. The summed E-state index contributed by atoms with van der Waals surface area (Å²) < 4.78 is 27.7. The Balaban J connectivity index is 1.82. The summed E-state index contributed by atoms with van der Waals surface area (Å²) in [5, 5.41) is 0. The van der Waals surface area contributed by atoms with Gasteiger partial charge in [-0.2, -0.15) is 0 Å². The van der Waals surface area contributed by atoms with Crippen molar-refractivity contribution < 1.29 is 8.60 Å². The quantitative estimate of drug-likeness (QED) is 0.851. The third kappa shape index (κ3) is 2.22. The molecule has 0 bridgehead atoms. The molecule has 1 aromatic heterocycles. The predicted octanol–water partition coefficient (Wildman–Crippen LogP) is 2.66. The van der Waals surface area contributed by atoms with Crippen LogP contribution in [0.2, 0.25) is 0 Å². The molecule has 1 aliphatic rings. The number of rotatable bonds is 4. The second-order valence-electron chi connectivity index (χ2n) is 4.44. The molecular weight excluding hydrogens is 251 g/mol. The Bertz CT molecular complexity index is 592. The normalized spacial score (nSPS) is 16.7. The largest absolute Gasteiger partial charge is 0.331 e. The van der Waals surface area contributed by atoms with Crippen molar-refractivity contribution in [2.75, 3.05) is 0 Å². The van der Waals surface area contributed by atoms with E-state index in [1.165, 1.54) is 6.07 Å². The number of halogens is 1. The van der Waals surface area contributed by atoms with Crippen molar-refractivity contribution in [2.45, 2.75) is 29.5 Å². The van der Waals surface area contributed by atoms with Gasteiger partial charge in [-0.3, -0.25) is 4.21 Å². The van der Waals surface area contributed by atoms with E-state index in [0.717, 1.165) is 18.5 Å². The lowest BCUT2D eigenvalue weighted by Gasteiger charge is -2.07. The molecule has 18 heavy (non-hydrogen) atoms. The zero-order chi connectivity index (χ0) is 12.5. The van der Waals surface area contributed by atoms with Crippen LogP contribution in [0.1, 0.15) is 24.6 Å². The van der Waals surface area contributed by atoms with Crippen LogP contribution < -0.4 is 0 Å². The first-order valence-corrected chi connectivity index (χ1v) is 7.21. The molecule has 94 valence electrons. The van der Waals surface area contributed by atoms with Gasteiger partial charge in [-0.25, -0.2) is 9.37 Å². The molecule has 1 aliphatic carbocycles. The SMILES string of the molecule is O=S(Cc1cncn1C1CC1)c1ccccc1F. The van der Waals surface area contributed by atoms with Crippen molar-refractivity contribution in [3.8, 4) is 0 Å². The molecule has 0 N–H and O–H groups in total. The molecular formula is C13H13FN2OS. The molecule has 5 heteroatoms. The minimum atomic E-state index is -1.36. The van der Waals surface area contributed by atoms with Crippen LogP contribution in [-0.4, -0.2) is 13.8 Å². The minimum Gasteiger partial charge on any atom is -0.331 e. The Hall–Kier alpha value is -1.49. The summed E-state index contributed by atoms with van der Waals surface area (Å²) in [5.74, 6) is -0.0921. The van der Waals surface area contributed by atoms with Crippen molar-refractivity contribution >= 4 is 10.8 Å². The van der Waals surface area contributed by atoms with Gasteiger partial charge in [-0.05, 0) is 25.0 Å². The van der Waals surface area contributed by atoms with E-state index in [1.54, 1.807) is 30.7 Å². The molecule has 0 spiro atoms. The van der Waals surface area contributed by atoms with Crippen molar-refractivity contribution in [2.24, 2.45) is 0 Å². The third-order valence-corrected chi connectivity index (χ3v) is 4.43. The van der Waals surface area contributed by atoms with Gasteiger partial charge in [0.1, 0.15) is 5.82 Å². The highest BCUT2D eigenvalue weighted by atomic mass is 32.2. The summed E-state index contributed by atoms with van der Waals surface area (Å²) in [4.78, 5) is 4.35. The lowest BCUT2D eigenvalue weighted by Crippen LogP contribution is -2.04. The van der Waals surface area contributed by atoms with Gasteiger partial charge in [0.25, 0.3) is 0 Å². The summed E-state index contributed by atoms with van der Waals surface area (Å²) in [6.45, 7) is 0. The van der Waals surface area contributed by atoms with Crippen LogP contribution in [0.5, 0.6) is 0 Å². The van der Waals surface area contributed by atoms with Crippen LogP contribution in [-0.2, 0) is 16.6 Å². The van der Waals surface area contributed by atoms with Gasteiger partial charge in [0.2, 0.25) is 0 Å². The summed E-state index contributed by atoms with van der Waals surface area (Å²) in [7, 11) is -1.36. The Morgan fingerprint density at radius 3 is 2.89 bits per heavy atom. The van der Waals surface area contributed by atoms with E-state index in [0.29, 0.717) is 11.8 Å². The first kappa shape index (κ1) is 11.6. The van der Waals surface area contributed by atoms with Crippen molar-refractivity contribution in [3.63, 3.8) is 0 Å². The average Bonchev–Trinajstić information content (AvgIpc) is 3.11. The second kappa shape index (κ2) is 4.65.